The number of aromatic nitrogens is 1. The van der Waals surface area contributed by atoms with Crippen LogP contribution in [0, 0.1) is 0 Å². The summed E-state index contributed by atoms with van der Waals surface area (Å²) in [4.78, 5) is 2.39. The number of rotatable bonds is 6. The van der Waals surface area contributed by atoms with Gasteiger partial charge >= 0.3 is 0 Å². The molecular weight excluding hydrogens is 781 g/mol. The summed E-state index contributed by atoms with van der Waals surface area (Å²) in [6.07, 6.45) is 0. The number of nitrogens with zero attached hydrogens (tertiary/aromatic N) is 2. The number of para-hydroxylation sites is 3. The van der Waals surface area contributed by atoms with E-state index in [4.69, 9.17) is 0 Å². The minimum atomic E-state index is 1.10. The molecule has 2 aromatic heterocycles. The number of thiophene rings is 1. The zero-order valence-corrected chi connectivity index (χ0v) is 35.1. The van der Waals surface area contributed by atoms with E-state index in [1.807, 2.05) is 11.3 Å². The van der Waals surface area contributed by atoms with Crippen molar-refractivity contribution in [3.63, 3.8) is 0 Å². The molecule has 294 valence electrons. The molecule has 2 nitrogen and oxygen atoms in total. The highest BCUT2D eigenvalue weighted by Crippen LogP contribution is 2.43. The maximum Gasteiger partial charge on any atom is 0.0541 e. The molecule has 0 saturated carbocycles. The lowest BCUT2D eigenvalue weighted by Crippen LogP contribution is -2.10. The minimum Gasteiger partial charge on any atom is -0.310 e. The molecule has 13 aromatic rings. The average molecular weight is 819 g/mol. The fourth-order valence-corrected chi connectivity index (χ4v) is 11.2. The molecule has 63 heavy (non-hydrogen) atoms. The molecule has 0 unspecified atom stereocenters. The maximum absolute atomic E-state index is 2.42. The van der Waals surface area contributed by atoms with Gasteiger partial charge in [-0.15, -0.1) is 11.3 Å². The van der Waals surface area contributed by atoms with Gasteiger partial charge in [-0.3, -0.25) is 0 Å². The number of fused-ring (bicyclic) bond motifs is 11. The third-order valence-corrected chi connectivity index (χ3v) is 14.2. The van der Waals surface area contributed by atoms with Crippen LogP contribution in [-0.2, 0) is 0 Å². The van der Waals surface area contributed by atoms with Gasteiger partial charge < -0.3 is 9.47 Å². The summed E-state index contributed by atoms with van der Waals surface area (Å²) >= 11 is 1.89. The van der Waals surface area contributed by atoms with Gasteiger partial charge in [-0.2, -0.15) is 0 Å². The quantitative estimate of drug-likeness (QED) is 0.152. The van der Waals surface area contributed by atoms with Gasteiger partial charge in [0.1, 0.15) is 0 Å². The number of benzene rings is 11. The van der Waals surface area contributed by atoms with Gasteiger partial charge in [-0.05, 0) is 110 Å². The molecule has 0 fully saturated rings. The van der Waals surface area contributed by atoms with Gasteiger partial charge in [0.2, 0.25) is 0 Å². The first-order valence-electron chi connectivity index (χ1n) is 21.6. The third kappa shape index (κ3) is 5.78. The standard InChI is InChI=1S/C60H38N2S/c1-3-13-48-40(11-1)21-22-44-37-47(33-36-49(44)48)61(45-29-23-39(24-30-45)43-28-34-54-55-35-27-41-12-2-4-15-51(41)60(55)63-59(54)38-43)46-31-25-42(26-32-46)50-14-5-8-18-56(50)62-57-19-9-6-16-52(57)53-17-7-10-20-58(53)62/h1-38H. The van der Waals surface area contributed by atoms with Crippen LogP contribution in [0.5, 0.6) is 0 Å². The summed E-state index contributed by atoms with van der Waals surface area (Å²) in [7, 11) is 0. The Hall–Kier alpha value is -7.98. The van der Waals surface area contributed by atoms with E-state index in [-0.39, 0.29) is 0 Å². The van der Waals surface area contributed by atoms with Crippen LogP contribution in [0.25, 0.3) is 102 Å². The molecule has 0 saturated heterocycles. The van der Waals surface area contributed by atoms with Crippen LogP contribution in [0.1, 0.15) is 0 Å². The van der Waals surface area contributed by atoms with Crippen LogP contribution in [-0.4, -0.2) is 4.57 Å². The van der Waals surface area contributed by atoms with E-state index in [0.29, 0.717) is 0 Å². The van der Waals surface area contributed by atoms with Gasteiger partial charge in [0.15, 0.2) is 0 Å². The smallest absolute Gasteiger partial charge is 0.0541 e. The minimum absolute atomic E-state index is 1.10. The molecule has 0 bridgehead atoms. The number of hydrogen-bond donors (Lipinski definition) is 0. The summed E-state index contributed by atoms with van der Waals surface area (Å²) in [5.41, 5.74) is 11.7. The van der Waals surface area contributed by atoms with Gasteiger partial charge in [0.05, 0.1) is 16.7 Å². The first-order valence-corrected chi connectivity index (χ1v) is 22.4. The normalized spacial score (nSPS) is 11.8. The predicted molar refractivity (Wildman–Crippen MR) is 272 cm³/mol. The van der Waals surface area contributed by atoms with E-state index in [1.54, 1.807) is 0 Å². The van der Waals surface area contributed by atoms with Crippen LogP contribution < -0.4 is 4.90 Å². The molecule has 0 aliphatic rings. The largest absolute Gasteiger partial charge is 0.310 e. The molecule has 0 amide bonds. The molecule has 0 radical (unpaired) electrons. The highest BCUT2D eigenvalue weighted by atomic mass is 32.1. The fraction of sp³-hybridized carbons (Fsp3) is 0. The zero-order chi connectivity index (χ0) is 41.4. The molecule has 0 spiro atoms. The SMILES string of the molecule is c1ccc(-n2c3ccccc3c3ccccc32)c(-c2ccc(N(c3ccc(-c4ccc5c(c4)sc4c6ccccc6ccc54)cc3)c3ccc4c(ccc5ccccc54)c3)cc2)c1. The summed E-state index contributed by atoms with van der Waals surface area (Å²) in [5.74, 6) is 0. The summed E-state index contributed by atoms with van der Waals surface area (Å²) in [5, 5.41) is 12.8. The topological polar surface area (TPSA) is 8.17 Å². The van der Waals surface area contributed by atoms with Crippen molar-refractivity contribution in [3.8, 4) is 27.9 Å². The van der Waals surface area contributed by atoms with Crippen LogP contribution in [0.15, 0.2) is 231 Å². The Labute approximate surface area is 368 Å². The third-order valence-electron chi connectivity index (χ3n) is 13.0. The lowest BCUT2D eigenvalue weighted by atomic mass is 10.00. The maximum atomic E-state index is 2.42. The second kappa shape index (κ2) is 14.3. The van der Waals surface area contributed by atoms with E-state index in [2.05, 4.69) is 240 Å². The Morgan fingerprint density at radius 2 is 0.825 bits per heavy atom. The molecule has 3 heteroatoms. The lowest BCUT2D eigenvalue weighted by molar-refractivity contribution is 1.18. The molecule has 0 N–H and O–H groups in total. The Bertz CT molecular complexity index is 3860. The van der Waals surface area contributed by atoms with Crippen molar-refractivity contribution in [2.75, 3.05) is 4.90 Å². The van der Waals surface area contributed by atoms with Crippen molar-refractivity contribution in [2.45, 2.75) is 0 Å². The molecule has 11 aromatic carbocycles. The summed E-state index contributed by atoms with van der Waals surface area (Å²) < 4.78 is 5.09. The summed E-state index contributed by atoms with van der Waals surface area (Å²) in [6, 6.07) is 84.7. The molecule has 0 aliphatic heterocycles. The highest BCUT2D eigenvalue weighted by Gasteiger charge is 2.18. The van der Waals surface area contributed by atoms with Crippen molar-refractivity contribution < 1.29 is 0 Å². The van der Waals surface area contributed by atoms with Gasteiger partial charge in [0, 0.05) is 53.6 Å². The van der Waals surface area contributed by atoms with E-state index in [0.717, 1.165) is 17.1 Å². The second-order valence-corrected chi connectivity index (χ2v) is 17.5. The molecular formula is C60H38N2S. The first-order chi connectivity index (χ1) is 31.2. The Kier molecular flexibility index (Phi) is 8.12. The monoisotopic (exact) mass is 818 g/mol. The van der Waals surface area contributed by atoms with Crippen LogP contribution in [0.2, 0.25) is 0 Å². The van der Waals surface area contributed by atoms with Crippen LogP contribution >= 0.6 is 11.3 Å². The fourth-order valence-electron chi connectivity index (χ4n) is 9.96. The molecule has 2 heterocycles. The first kappa shape index (κ1) is 35.7. The Morgan fingerprint density at radius 3 is 1.57 bits per heavy atom. The van der Waals surface area contributed by atoms with E-state index in [1.165, 1.54) is 102 Å². The number of hydrogen-bond acceptors (Lipinski definition) is 2. The van der Waals surface area contributed by atoms with Crippen molar-refractivity contribution in [3.05, 3.63) is 231 Å². The summed E-state index contributed by atoms with van der Waals surface area (Å²) in [6.45, 7) is 0. The predicted octanol–water partition coefficient (Wildman–Crippen LogP) is 17.4. The molecule has 13 rings (SSSR count). The lowest BCUT2D eigenvalue weighted by Gasteiger charge is -2.26. The van der Waals surface area contributed by atoms with E-state index in [9.17, 15) is 0 Å². The van der Waals surface area contributed by atoms with Crippen molar-refractivity contribution in [1.29, 1.82) is 0 Å². The van der Waals surface area contributed by atoms with Crippen molar-refractivity contribution >= 4 is 103 Å². The zero-order valence-electron chi connectivity index (χ0n) is 34.2. The second-order valence-electron chi connectivity index (χ2n) is 16.5. The van der Waals surface area contributed by atoms with Gasteiger partial charge in [-0.25, -0.2) is 0 Å². The molecule has 0 aliphatic carbocycles. The average Bonchev–Trinajstić information content (AvgIpc) is 3.90. The van der Waals surface area contributed by atoms with E-state index >= 15 is 0 Å². The Morgan fingerprint density at radius 1 is 0.317 bits per heavy atom. The van der Waals surface area contributed by atoms with Crippen molar-refractivity contribution in [2.24, 2.45) is 0 Å². The van der Waals surface area contributed by atoms with Crippen LogP contribution in [0.4, 0.5) is 17.1 Å². The van der Waals surface area contributed by atoms with Gasteiger partial charge in [-0.1, -0.05) is 170 Å². The van der Waals surface area contributed by atoms with Crippen molar-refractivity contribution in [1.82, 2.24) is 4.57 Å². The van der Waals surface area contributed by atoms with E-state index < -0.39 is 0 Å². The number of anilines is 3. The van der Waals surface area contributed by atoms with Gasteiger partial charge in [0.25, 0.3) is 0 Å². The highest BCUT2D eigenvalue weighted by molar-refractivity contribution is 7.26. The van der Waals surface area contributed by atoms with Crippen LogP contribution in [0.3, 0.4) is 0 Å². The Balaban J connectivity index is 0.914. The molecule has 0 atom stereocenters.